The van der Waals surface area contributed by atoms with Crippen molar-refractivity contribution >= 4 is 33.2 Å². The molecule has 0 aliphatic carbocycles. The summed E-state index contributed by atoms with van der Waals surface area (Å²) in [6, 6.07) is 11.2. The number of anilines is 1. The highest BCUT2D eigenvalue weighted by atomic mass is 35.5. The van der Waals surface area contributed by atoms with E-state index in [2.05, 4.69) is 0 Å². The maximum atomic E-state index is 13.4. The van der Waals surface area contributed by atoms with Crippen LogP contribution in [0.5, 0.6) is 5.75 Å². The molecule has 1 amide bonds. The van der Waals surface area contributed by atoms with Gasteiger partial charge in [0.25, 0.3) is 10.0 Å². The minimum atomic E-state index is -4.02. The van der Waals surface area contributed by atoms with Crippen molar-refractivity contribution in [3.05, 3.63) is 53.1 Å². The van der Waals surface area contributed by atoms with Gasteiger partial charge >= 0.3 is 0 Å². The van der Waals surface area contributed by atoms with E-state index >= 15 is 0 Å². The van der Waals surface area contributed by atoms with Gasteiger partial charge in [-0.05, 0) is 51.1 Å². The number of hydrogen-bond acceptors (Lipinski definition) is 4. The van der Waals surface area contributed by atoms with Gasteiger partial charge in [0.2, 0.25) is 5.91 Å². The Hall–Kier alpha value is -2.25. The molecule has 0 aliphatic rings. The van der Waals surface area contributed by atoms with Crippen molar-refractivity contribution in [2.45, 2.75) is 25.7 Å². The van der Waals surface area contributed by atoms with Crippen molar-refractivity contribution in [3.63, 3.8) is 0 Å². The quantitative estimate of drug-likeness (QED) is 0.647. The van der Waals surface area contributed by atoms with E-state index in [0.29, 0.717) is 23.9 Å². The molecule has 2 aromatic rings. The number of nitrogens with zero attached hydrogens (tertiary/aromatic N) is 2. The van der Waals surface area contributed by atoms with Crippen LogP contribution in [0.2, 0.25) is 5.02 Å². The van der Waals surface area contributed by atoms with Crippen molar-refractivity contribution in [1.82, 2.24) is 4.90 Å². The van der Waals surface area contributed by atoms with Crippen LogP contribution in [0, 0.1) is 6.92 Å². The first kappa shape index (κ1) is 22.0. The minimum Gasteiger partial charge on any atom is -0.495 e. The zero-order chi connectivity index (χ0) is 20.9. The van der Waals surface area contributed by atoms with Crippen LogP contribution in [0.15, 0.2) is 47.4 Å². The van der Waals surface area contributed by atoms with Gasteiger partial charge in [-0.25, -0.2) is 8.42 Å². The first-order valence-electron chi connectivity index (χ1n) is 8.95. The van der Waals surface area contributed by atoms with Crippen LogP contribution >= 0.6 is 11.6 Å². The normalized spacial score (nSPS) is 11.2. The lowest BCUT2D eigenvalue weighted by Crippen LogP contribution is -2.43. The molecule has 0 atom stereocenters. The SMILES string of the molecule is CCN(CC)C(=O)CN(c1cc(Cl)ccc1OC)S(=O)(=O)c1ccc(C)cc1. The molecule has 0 bridgehead atoms. The van der Waals surface area contributed by atoms with Crippen molar-refractivity contribution in [3.8, 4) is 5.75 Å². The van der Waals surface area contributed by atoms with Crippen LogP contribution in [0.1, 0.15) is 19.4 Å². The largest absolute Gasteiger partial charge is 0.495 e. The smallest absolute Gasteiger partial charge is 0.264 e. The number of ether oxygens (including phenoxy) is 1. The van der Waals surface area contributed by atoms with Crippen molar-refractivity contribution in [2.75, 3.05) is 31.0 Å². The van der Waals surface area contributed by atoms with Gasteiger partial charge in [0, 0.05) is 18.1 Å². The molecule has 0 saturated heterocycles. The maximum absolute atomic E-state index is 13.4. The molecule has 152 valence electrons. The standard InChI is InChI=1S/C20H25ClN2O4S/c1-5-22(6-2)20(24)14-23(18-13-16(21)9-12-19(18)27-4)28(25,26)17-10-7-15(3)8-11-17/h7-13H,5-6,14H2,1-4H3. The Balaban J connectivity index is 2.61. The Morgan fingerprint density at radius 2 is 1.68 bits per heavy atom. The van der Waals surface area contributed by atoms with Gasteiger partial charge in [0.05, 0.1) is 17.7 Å². The number of halogens is 1. The van der Waals surface area contributed by atoms with E-state index in [4.69, 9.17) is 16.3 Å². The van der Waals surface area contributed by atoms with Gasteiger partial charge in [0.1, 0.15) is 12.3 Å². The predicted octanol–water partition coefficient (Wildman–Crippen LogP) is 3.72. The maximum Gasteiger partial charge on any atom is 0.264 e. The predicted molar refractivity (Wildman–Crippen MR) is 112 cm³/mol. The summed E-state index contributed by atoms with van der Waals surface area (Å²) in [4.78, 5) is 14.4. The second-order valence-corrected chi connectivity index (χ2v) is 8.51. The number of likely N-dealkylation sites (N-methyl/N-ethyl adjacent to an activating group) is 1. The summed E-state index contributed by atoms with van der Waals surface area (Å²) in [5.41, 5.74) is 1.15. The first-order valence-corrected chi connectivity index (χ1v) is 10.8. The van der Waals surface area contributed by atoms with Crippen molar-refractivity contribution in [2.24, 2.45) is 0 Å². The molecule has 2 aromatic carbocycles. The topological polar surface area (TPSA) is 66.9 Å². The number of sulfonamides is 1. The van der Waals surface area contributed by atoms with Gasteiger partial charge in [-0.1, -0.05) is 29.3 Å². The zero-order valence-electron chi connectivity index (χ0n) is 16.5. The number of hydrogen-bond donors (Lipinski definition) is 0. The van der Waals surface area contributed by atoms with Crippen LogP contribution in [0.3, 0.4) is 0 Å². The van der Waals surface area contributed by atoms with Crippen molar-refractivity contribution in [1.29, 1.82) is 0 Å². The fourth-order valence-corrected chi connectivity index (χ4v) is 4.38. The highest BCUT2D eigenvalue weighted by Crippen LogP contribution is 2.35. The summed E-state index contributed by atoms with van der Waals surface area (Å²) < 4.78 is 33.2. The molecule has 0 fully saturated rings. The summed E-state index contributed by atoms with van der Waals surface area (Å²) >= 11 is 6.12. The number of rotatable bonds is 8. The van der Waals surface area contributed by atoms with Crippen LogP contribution in [0.25, 0.3) is 0 Å². The lowest BCUT2D eigenvalue weighted by atomic mass is 10.2. The monoisotopic (exact) mass is 424 g/mol. The van der Waals surface area contributed by atoms with Crippen LogP contribution in [0.4, 0.5) is 5.69 Å². The number of aryl methyl sites for hydroxylation is 1. The van der Waals surface area contributed by atoms with Gasteiger partial charge in [-0.2, -0.15) is 0 Å². The van der Waals surface area contributed by atoms with Crippen molar-refractivity contribution < 1.29 is 17.9 Å². The molecule has 8 heteroatoms. The van der Waals surface area contributed by atoms with Gasteiger partial charge in [-0.15, -0.1) is 0 Å². The summed E-state index contributed by atoms with van der Waals surface area (Å²) in [5.74, 6) is 0.00940. The molecule has 0 aromatic heterocycles. The second kappa shape index (κ2) is 9.30. The van der Waals surface area contributed by atoms with Crippen LogP contribution in [-0.2, 0) is 14.8 Å². The molecular weight excluding hydrogens is 400 g/mol. The van der Waals surface area contributed by atoms with Gasteiger partial charge in [0.15, 0.2) is 0 Å². The van der Waals surface area contributed by atoms with E-state index in [-0.39, 0.29) is 23.0 Å². The lowest BCUT2D eigenvalue weighted by Gasteiger charge is -2.28. The molecule has 0 aliphatic heterocycles. The Morgan fingerprint density at radius 3 is 2.21 bits per heavy atom. The molecule has 0 saturated carbocycles. The average molecular weight is 425 g/mol. The first-order chi connectivity index (χ1) is 13.2. The Kier molecular flexibility index (Phi) is 7.32. The zero-order valence-corrected chi connectivity index (χ0v) is 18.0. The number of amides is 1. The Bertz CT molecular complexity index is 926. The Morgan fingerprint density at radius 1 is 1.07 bits per heavy atom. The van der Waals surface area contributed by atoms with Crippen LogP contribution < -0.4 is 9.04 Å². The fourth-order valence-electron chi connectivity index (χ4n) is 2.79. The molecule has 6 nitrogen and oxygen atoms in total. The van der Waals surface area contributed by atoms with E-state index in [1.807, 2.05) is 20.8 Å². The molecule has 0 unspecified atom stereocenters. The van der Waals surface area contributed by atoms with E-state index in [9.17, 15) is 13.2 Å². The molecular formula is C20H25ClN2O4S. The number of carbonyl (C=O) groups excluding carboxylic acids is 1. The van der Waals surface area contributed by atoms with E-state index in [0.717, 1.165) is 9.87 Å². The molecule has 0 N–H and O–H groups in total. The summed E-state index contributed by atoms with van der Waals surface area (Å²) in [6.45, 7) is 6.19. The number of methoxy groups -OCH3 is 1. The molecule has 2 rings (SSSR count). The average Bonchev–Trinajstić information content (AvgIpc) is 2.67. The molecule has 28 heavy (non-hydrogen) atoms. The van der Waals surface area contributed by atoms with E-state index < -0.39 is 10.0 Å². The molecule has 0 heterocycles. The third-order valence-corrected chi connectivity index (χ3v) is 6.42. The lowest BCUT2D eigenvalue weighted by molar-refractivity contribution is -0.129. The van der Waals surface area contributed by atoms with E-state index in [1.165, 1.54) is 25.3 Å². The second-order valence-electron chi connectivity index (χ2n) is 6.21. The summed E-state index contributed by atoms with van der Waals surface area (Å²) in [6.07, 6.45) is 0. The van der Waals surface area contributed by atoms with Gasteiger partial charge < -0.3 is 9.64 Å². The third kappa shape index (κ3) is 4.77. The fraction of sp³-hybridized carbons (Fsp3) is 0.350. The molecule has 0 spiro atoms. The summed E-state index contributed by atoms with van der Waals surface area (Å²) in [5, 5.41) is 0.343. The Labute approximate surface area is 171 Å². The third-order valence-electron chi connectivity index (χ3n) is 4.41. The van der Waals surface area contributed by atoms with E-state index in [1.54, 1.807) is 29.2 Å². The highest BCUT2D eigenvalue weighted by Gasteiger charge is 2.30. The van der Waals surface area contributed by atoms with Crippen LogP contribution in [-0.4, -0.2) is 46.0 Å². The molecule has 0 radical (unpaired) electrons. The number of carbonyl (C=O) groups is 1. The number of benzene rings is 2. The minimum absolute atomic E-state index is 0.0903. The summed E-state index contributed by atoms with van der Waals surface area (Å²) in [7, 11) is -2.58. The highest BCUT2D eigenvalue weighted by molar-refractivity contribution is 7.92. The van der Waals surface area contributed by atoms with Gasteiger partial charge in [-0.3, -0.25) is 9.10 Å².